The first-order valence-electron chi connectivity index (χ1n) is 13.2. The molecule has 0 aromatic heterocycles. The molecule has 3 aliphatic carbocycles. The smallest absolute Gasteiger partial charge is 0.344 e. The summed E-state index contributed by atoms with van der Waals surface area (Å²) in [7, 11) is -0.209. The lowest BCUT2D eigenvalue weighted by Gasteiger charge is -2.37. The van der Waals surface area contributed by atoms with Crippen LogP contribution in [0.5, 0.6) is 5.75 Å². The monoisotopic (exact) mass is 499 g/mol. The predicted molar refractivity (Wildman–Crippen MR) is 143 cm³/mol. The van der Waals surface area contributed by atoms with Crippen LogP contribution in [0.4, 0.5) is 0 Å². The van der Waals surface area contributed by atoms with Crippen LogP contribution in [0, 0.1) is 30.1 Å². The van der Waals surface area contributed by atoms with Gasteiger partial charge in [0.2, 0.25) is 0 Å². The quantitative estimate of drug-likeness (QED) is 0.254. The second-order valence-electron chi connectivity index (χ2n) is 11.4. The van der Waals surface area contributed by atoms with Crippen LogP contribution in [-0.2, 0) is 20.4 Å². The molecule has 6 rings (SSSR count). The molecule has 1 spiro atoms. The highest BCUT2D eigenvalue weighted by molar-refractivity contribution is 7.97. The average Bonchev–Trinajstić information content (AvgIpc) is 3.53. The summed E-state index contributed by atoms with van der Waals surface area (Å²) in [6, 6.07) is 27.5. The number of esters is 1. The van der Waals surface area contributed by atoms with Crippen molar-refractivity contribution in [1.29, 1.82) is 0 Å². The molecule has 0 saturated heterocycles. The molecule has 5 unspecified atom stereocenters. The van der Waals surface area contributed by atoms with Gasteiger partial charge in [-0.3, -0.25) is 0 Å². The molecule has 0 heterocycles. The van der Waals surface area contributed by atoms with Crippen molar-refractivity contribution < 1.29 is 14.3 Å². The van der Waals surface area contributed by atoms with E-state index in [0.29, 0.717) is 23.0 Å². The van der Waals surface area contributed by atoms with E-state index in [9.17, 15) is 4.79 Å². The summed E-state index contributed by atoms with van der Waals surface area (Å²) in [5, 5.41) is 0. The van der Waals surface area contributed by atoms with Gasteiger partial charge in [0.25, 0.3) is 0 Å². The number of carbonyl (C=O) groups is 1. The lowest BCUT2D eigenvalue weighted by atomic mass is 9.74. The molecule has 3 aromatic carbocycles. The summed E-state index contributed by atoms with van der Waals surface area (Å²) in [6.07, 6.45) is 4.94. The van der Waals surface area contributed by atoms with Gasteiger partial charge in [-0.05, 0) is 99.2 Å². The van der Waals surface area contributed by atoms with Crippen LogP contribution in [0.3, 0.4) is 0 Å². The molecule has 186 valence electrons. The fourth-order valence-corrected chi connectivity index (χ4v) is 9.49. The van der Waals surface area contributed by atoms with E-state index in [4.69, 9.17) is 9.47 Å². The van der Waals surface area contributed by atoms with E-state index in [2.05, 4.69) is 93.6 Å². The van der Waals surface area contributed by atoms with Gasteiger partial charge in [0.1, 0.15) is 11.4 Å². The number of hydrogen-bond donors (Lipinski definition) is 0. The van der Waals surface area contributed by atoms with Crippen LogP contribution in [0.15, 0.2) is 93.5 Å². The first kappa shape index (κ1) is 23.7. The van der Waals surface area contributed by atoms with Crippen molar-refractivity contribution in [2.45, 2.75) is 66.7 Å². The maximum Gasteiger partial charge on any atom is 0.344 e. The highest BCUT2D eigenvalue weighted by Gasteiger charge is 2.73. The lowest BCUT2D eigenvalue weighted by molar-refractivity contribution is -0.167. The lowest BCUT2D eigenvalue weighted by Crippen LogP contribution is -2.41. The van der Waals surface area contributed by atoms with Gasteiger partial charge >= 0.3 is 5.97 Å². The van der Waals surface area contributed by atoms with Crippen LogP contribution in [0.2, 0.25) is 0 Å². The SMILES string of the molecule is Cc1cc(OCC(=O)OC2(C)C3CC(C)CC4(C3)CC42)ccc1[S+](c1ccccc1)c1ccccc1. The van der Waals surface area contributed by atoms with Gasteiger partial charge in [0.05, 0.1) is 10.9 Å². The van der Waals surface area contributed by atoms with Crippen molar-refractivity contribution in [3.05, 3.63) is 84.4 Å². The third-order valence-corrected chi connectivity index (χ3v) is 11.2. The number of ether oxygens (including phenoxy) is 2. The minimum Gasteiger partial charge on any atom is -0.482 e. The second kappa shape index (κ2) is 8.99. The minimum atomic E-state index is -0.315. The largest absolute Gasteiger partial charge is 0.482 e. The van der Waals surface area contributed by atoms with Crippen LogP contribution in [0.1, 0.15) is 45.1 Å². The summed E-state index contributed by atoms with van der Waals surface area (Å²) in [5.41, 5.74) is 1.30. The standard InChI is InChI=1S/C32H35O3S/c1-22-16-24-19-32(18-22)20-29(32)31(24,3)35-30(33)21-34-25-14-15-28(23(2)17-25)36(26-10-6-4-7-11-26)27-12-8-5-9-13-27/h4-15,17,22,24,29H,16,18-21H2,1-3H3/q+1. The maximum absolute atomic E-state index is 12.9. The minimum absolute atomic E-state index is 0.0422. The molecule has 0 radical (unpaired) electrons. The van der Waals surface area contributed by atoms with Gasteiger partial charge in [-0.1, -0.05) is 43.3 Å². The summed E-state index contributed by atoms with van der Waals surface area (Å²) in [4.78, 5) is 16.7. The molecule has 5 atom stereocenters. The van der Waals surface area contributed by atoms with Crippen molar-refractivity contribution in [2.75, 3.05) is 6.61 Å². The number of rotatable bonds is 7. The average molecular weight is 500 g/mol. The summed E-state index contributed by atoms with van der Waals surface area (Å²) < 4.78 is 12.1. The van der Waals surface area contributed by atoms with Crippen LogP contribution in [0.25, 0.3) is 0 Å². The van der Waals surface area contributed by atoms with Crippen LogP contribution in [-0.4, -0.2) is 18.2 Å². The number of fused-ring (bicyclic) bond motifs is 1. The Morgan fingerprint density at radius 3 is 2.25 bits per heavy atom. The van der Waals surface area contributed by atoms with Gasteiger partial charge < -0.3 is 9.47 Å². The van der Waals surface area contributed by atoms with Crippen molar-refractivity contribution in [2.24, 2.45) is 23.2 Å². The third kappa shape index (κ3) is 4.14. The van der Waals surface area contributed by atoms with E-state index in [1.54, 1.807) is 0 Å². The predicted octanol–water partition coefficient (Wildman–Crippen LogP) is 7.23. The third-order valence-electron chi connectivity index (χ3n) is 8.80. The Bertz CT molecular complexity index is 1220. The molecule has 3 aliphatic rings. The van der Waals surface area contributed by atoms with Crippen molar-refractivity contribution in [3.63, 3.8) is 0 Å². The van der Waals surface area contributed by atoms with E-state index >= 15 is 0 Å². The second-order valence-corrected chi connectivity index (χ2v) is 13.4. The molecule has 3 nitrogen and oxygen atoms in total. The highest BCUT2D eigenvalue weighted by atomic mass is 32.2. The zero-order valence-corrected chi connectivity index (χ0v) is 22.2. The first-order chi connectivity index (χ1) is 17.4. The molecule has 0 N–H and O–H groups in total. The van der Waals surface area contributed by atoms with Crippen molar-refractivity contribution in [1.82, 2.24) is 0 Å². The number of aryl methyl sites for hydroxylation is 1. The fraction of sp³-hybridized carbons (Fsp3) is 0.406. The normalized spacial score (nSPS) is 30.1. The molecular formula is C32H35O3S+. The topological polar surface area (TPSA) is 35.5 Å². The van der Waals surface area contributed by atoms with Crippen LogP contribution < -0.4 is 4.74 Å². The van der Waals surface area contributed by atoms with Gasteiger partial charge in [-0.25, -0.2) is 4.79 Å². The van der Waals surface area contributed by atoms with E-state index in [1.807, 2.05) is 6.07 Å². The maximum atomic E-state index is 12.9. The Morgan fingerprint density at radius 1 is 0.944 bits per heavy atom. The summed E-state index contributed by atoms with van der Waals surface area (Å²) >= 11 is 0. The Kier molecular flexibility index (Phi) is 5.91. The van der Waals surface area contributed by atoms with Gasteiger partial charge in [0.15, 0.2) is 21.3 Å². The summed E-state index contributed by atoms with van der Waals surface area (Å²) in [5.74, 6) is 2.25. The van der Waals surface area contributed by atoms with E-state index in [-0.39, 0.29) is 29.1 Å². The summed E-state index contributed by atoms with van der Waals surface area (Å²) in [6.45, 7) is 6.62. The fourth-order valence-electron chi connectivity index (χ4n) is 7.27. The molecule has 2 bridgehead atoms. The molecule has 0 aliphatic heterocycles. The van der Waals surface area contributed by atoms with Crippen LogP contribution >= 0.6 is 0 Å². The zero-order valence-electron chi connectivity index (χ0n) is 21.4. The Hall–Kier alpha value is -2.72. The number of benzene rings is 3. The van der Waals surface area contributed by atoms with E-state index < -0.39 is 0 Å². The first-order valence-corrected chi connectivity index (χ1v) is 14.4. The molecule has 3 aromatic rings. The zero-order chi connectivity index (χ0) is 24.9. The Morgan fingerprint density at radius 2 is 1.61 bits per heavy atom. The van der Waals surface area contributed by atoms with Crippen molar-refractivity contribution >= 4 is 16.9 Å². The molecule has 36 heavy (non-hydrogen) atoms. The highest BCUT2D eigenvalue weighted by Crippen LogP contribution is 2.76. The van der Waals surface area contributed by atoms with Gasteiger partial charge in [-0.15, -0.1) is 0 Å². The van der Waals surface area contributed by atoms with Gasteiger partial charge in [0, 0.05) is 11.5 Å². The van der Waals surface area contributed by atoms with Gasteiger partial charge in [-0.2, -0.15) is 0 Å². The Labute approximate surface area is 217 Å². The number of hydrogen-bond acceptors (Lipinski definition) is 3. The molecule has 3 saturated carbocycles. The Balaban J connectivity index is 1.16. The van der Waals surface area contributed by atoms with E-state index in [1.165, 1.54) is 40.4 Å². The van der Waals surface area contributed by atoms with Crippen molar-refractivity contribution in [3.8, 4) is 5.75 Å². The van der Waals surface area contributed by atoms with E-state index in [0.717, 1.165) is 11.5 Å². The molecule has 4 heteroatoms. The molecule has 0 amide bonds. The number of carbonyl (C=O) groups excluding carboxylic acids is 1. The molecular weight excluding hydrogens is 464 g/mol. The molecule has 3 fully saturated rings.